The highest BCUT2D eigenvalue weighted by molar-refractivity contribution is 5.48. The normalized spacial score (nSPS) is 11.2. The third kappa shape index (κ3) is 4.07. The van der Waals surface area contributed by atoms with Crippen LogP contribution in [0.15, 0.2) is 30.8 Å². The van der Waals surface area contributed by atoms with Gasteiger partial charge in [-0.2, -0.15) is 0 Å². The SMILES string of the molecule is C=Cc1ccc(OCC(C)(C)COC)cc1. The molecule has 0 saturated heterocycles. The Morgan fingerprint density at radius 1 is 1.19 bits per heavy atom. The zero-order valence-electron chi connectivity index (χ0n) is 10.3. The summed E-state index contributed by atoms with van der Waals surface area (Å²) in [5.41, 5.74) is 1.13. The summed E-state index contributed by atoms with van der Waals surface area (Å²) < 4.78 is 10.8. The lowest BCUT2D eigenvalue weighted by Gasteiger charge is -2.23. The third-order valence-corrected chi connectivity index (χ3v) is 2.28. The van der Waals surface area contributed by atoms with Crippen LogP contribution in [0.25, 0.3) is 6.08 Å². The monoisotopic (exact) mass is 220 g/mol. The van der Waals surface area contributed by atoms with Gasteiger partial charge in [-0.15, -0.1) is 0 Å². The molecule has 0 atom stereocenters. The van der Waals surface area contributed by atoms with Crippen LogP contribution < -0.4 is 4.74 Å². The van der Waals surface area contributed by atoms with E-state index in [0.29, 0.717) is 13.2 Å². The molecule has 0 aliphatic heterocycles. The van der Waals surface area contributed by atoms with Crippen molar-refractivity contribution in [1.82, 2.24) is 0 Å². The average molecular weight is 220 g/mol. The molecule has 1 aromatic rings. The lowest BCUT2D eigenvalue weighted by atomic mass is 9.96. The fourth-order valence-electron chi connectivity index (χ4n) is 1.41. The molecule has 0 spiro atoms. The van der Waals surface area contributed by atoms with E-state index < -0.39 is 0 Å². The molecule has 0 bridgehead atoms. The van der Waals surface area contributed by atoms with Gasteiger partial charge < -0.3 is 9.47 Å². The van der Waals surface area contributed by atoms with E-state index in [9.17, 15) is 0 Å². The summed E-state index contributed by atoms with van der Waals surface area (Å²) in [6, 6.07) is 7.90. The number of hydrogen-bond acceptors (Lipinski definition) is 2. The number of hydrogen-bond donors (Lipinski definition) is 0. The maximum absolute atomic E-state index is 5.71. The van der Waals surface area contributed by atoms with Gasteiger partial charge in [0.1, 0.15) is 5.75 Å². The fourth-order valence-corrected chi connectivity index (χ4v) is 1.41. The number of ether oxygens (including phenoxy) is 2. The summed E-state index contributed by atoms with van der Waals surface area (Å²) in [5.74, 6) is 0.884. The van der Waals surface area contributed by atoms with Gasteiger partial charge in [0, 0.05) is 12.5 Å². The van der Waals surface area contributed by atoms with Crippen LogP contribution in [0.5, 0.6) is 5.75 Å². The Balaban J connectivity index is 2.51. The van der Waals surface area contributed by atoms with E-state index in [1.807, 2.05) is 30.3 Å². The van der Waals surface area contributed by atoms with Crippen LogP contribution in [0.4, 0.5) is 0 Å². The van der Waals surface area contributed by atoms with Crippen molar-refractivity contribution in [3.05, 3.63) is 36.4 Å². The second kappa shape index (κ2) is 5.71. The van der Waals surface area contributed by atoms with Gasteiger partial charge >= 0.3 is 0 Å². The Morgan fingerprint density at radius 2 is 1.81 bits per heavy atom. The van der Waals surface area contributed by atoms with E-state index in [-0.39, 0.29) is 5.41 Å². The van der Waals surface area contributed by atoms with Crippen LogP contribution in [0.2, 0.25) is 0 Å². The first-order valence-corrected chi connectivity index (χ1v) is 5.42. The second-order valence-corrected chi connectivity index (χ2v) is 4.66. The highest BCUT2D eigenvalue weighted by Crippen LogP contribution is 2.19. The van der Waals surface area contributed by atoms with Gasteiger partial charge in [0.05, 0.1) is 13.2 Å². The van der Waals surface area contributed by atoms with E-state index in [2.05, 4.69) is 20.4 Å². The topological polar surface area (TPSA) is 18.5 Å². The zero-order chi connectivity index (χ0) is 12.0. The van der Waals surface area contributed by atoms with E-state index in [0.717, 1.165) is 11.3 Å². The van der Waals surface area contributed by atoms with Gasteiger partial charge in [-0.25, -0.2) is 0 Å². The first-order chi connectivity index (χ1) is 7.57. The average Bonchev–Trinajstić information content (AvgIpc) is 2.27. The van der Waals surface area contributed by atoms with E-state index in [1.165, 1.54) is 0 Å². The Kier molecular flexibility index (Phi) is 4.56. The molecule has 0 saturated carbocycles. The summed E-state index contributed by atoms with van der Waals surface area (Å²) >= 11 is 0. The standard InChI is InChI=1S/C14H20O2/c1-5-12-6-8-13(9-7-12)16-11-14(2,3)10-15-4/h5-9H,1,10-11H2,2-4H3. The van der Waals surface area contributed by atoms with Gasteiger partial charge in [0.25, 0.3) is 0 Å². The van der Waals surface area contributed by atoms with Crippen molar-refractivity contribution in [2.45, 2.75) is 13.8 Å². The molecule has 0 amide bonds. The van der Waals surface area contributed by atoms with Crippen molar-refractivity contribution >= 4 is 6.08 Å². The molecule has 0 fully saturated rings. The molecule has 2 nitrogen and oxygen atoms in total. The molecule has 0 N–H and O–H groups in total. The molecule has 0 aliphatic carbocycles. The lowest BCUT2D eigenvalue weighted by molar-refractivity contribution is 0.0644. The minimum Gasteiger partial charge on any atom is -0.493 e. The Hall–Kier alpha value is -1.28. The molecule has 88 valence electrons. The fraction of sp³-hybridized carbons (Fsp3) is 0.429. The van der Waals surface area contributed by atoms with E-state index in [4.69, 9.17) is 9.47 Å². The minimum absolute atomic E-state index is 0.0336. The molecule has 0 aliphatic rings. The van der Waals surface area contributed by atoms with Gasteiger partial charge in [0.2, 0.25) is 0 Å². The largest absolute Gasteiger partial charge is 0.493 e. The molecule has 1 rings (SSSR count). The van der Waals surface area contributed by atoms with Gasteiger partial charge in [-0.05, 0) is 17.7 Å². The molecular formula is C14H20O2. The van der Waals surface area contributed by atoms with Crippen LogP contribution in [-0.4, -0.2) is 20.3 Å². The van der Waals surface area contributed by atoms with Crippen LogP contribution in [0.3, 0.4) is 0 Å². The van der Waals surface area contributed by atoms with Crippen molar-refractivity contribution in [3.8, 4) is 5.75 Å². The van der Waals surface area contributed by atoms with E-state index in [1.54, 1.807) is 7.11 Å². The first kappa shape index (κ1) is 12.8. The van der Waals surface area contributed by atoms with Crippen molar-refractivity contribution in [2.75, 3.05) is 20.3 Å². The number of methoxy groups -OCH3 is 1. The maximum Gasteiger partial charge on any atom is 0.119 e. The van der Waals surface area contributed by atoms with Crippen molar-refractivity contribution in [2.24, 2.45) is 5.41 Å². The highest BCUT2D eigenvalue weighted by atomic mass is 16.5. The smallest absolute Gasteiger partial charge is 0.119 e. The maximum atomic E-state index is 5.71. The highest BCUT2D eigenvalue weighted by Gasteiger charge is 2.18. The second-order valence-electron chi connectivity index (χ2n) is 4.66. The van der Waals surface area contributed by atoms with Crippen LogP contribution >= 0.6 is 0 Å². The van der Waals surface area contributed by atoms with Crippen LogP contribution in [0, 0.1) is 5.41 Å². The van der Waals surface area contributed by atoms with E-state index >= 15 is 0 Å². The quantitative estimate of drug-likeness (QED) is 0.731. The summed E-state index contributed by atoms with van der Waals surface area (Å²) in [4.78, 5) is 0. The van der Waals surface area contributed by atoms with Crippen LogP contribution in [0.1, 0.15) is 19.4 Å². The third-order valence-electron chi connectivity index (χ3n) is 2.28. The zero-order valence-corrected chi connectivity index (χ0v) is 10.3. The lowest BCUT2D eigenvalue weighted by Crippen LogP contribution is -2.26. The minimum atomic E-state index is 0.0336. The van der Waals surface area contributed by atoms with Gasteiger partial charge in [-0.1, -0.05) is 38.6 Å². The van der Waals surface area contributed by atoms with Crippen molar-refractivity contribution < 1.29 is 9.47 Å². The van der Waals surface area contributed by atoms with Gasteiger partial charge in [-0.3, -0.25) is 0 Å². The Morgan fingerprint density at radius 3 is 2.31 bits per heavy atom. The summed E-state index contributed by atoms with van der Waals surface area (Å²) in [6.07, 6.45) is 1.82. The molecule has 16 heavy (non-hydrogen) atoms. The first-order valence-electron chi connectivity index (χ1n) is 5.42. The summed E-state index contributed by atoms with van der Waals surface area (Å²) in [7, 11) is 1.71. The summed E-state index contributed by atoms with van der Waals surface area (Å²) in [6.45, 7) is 9.29. The Bertz CT molecular complexity index is 325. The summed E-state index contributed by atoms with van der Waals surface area (Å²) in [5, 5.41) is 0. The number of benzene rings is 1. The van der Waals surface area contributed by atoms with Crippen LogP contribution in [-0.2, 0) is 4.74 Å². The molecule has 0 radical (unpaired) electrons. The molecule has 0 unspecified atom stereocenters. The van der Waals surface area contributed by atoms with Crippen molar-refractivity contribution in [1.29, 1.82) is 0 Å². The predicted octanol–water partition coefficient (Wildman–Crippen LogP) is 3.38. The van der Waals surface area contributed by atoms with Gasteiger partial charge in [0.15, 0.2) is 0 Å². The number of rotatable bonds is 6. The molecule has 2 heteroatoms. The molecular weight excluding hydrogens is 200 g/mol. The molecule has 0 aromatic heterocycles. The predicted molar refractivity (Wildman–Crippen MR) is 67.7 cm³/mol. The van der Waals surface area contributed by atoms with Crippen molar-refractivity contribution in [3.63, 3.8) is 0 Å². The molecule has 0 heterocycles. The Labute approximate surface area is 97.9 Å². The molecule has 1 aromatic carbocycles.